The fourth-order valence-electron chi connectivity index (χ4n) is 1.42. The van der Waals surface area contributed by atoms with Gasteiger partial charge in [0.25, 0.3) is 5.91 Å². The van der Waals surface area contributed by atoms with Crippen LogP contribution in [0, 0.1) is 0 Å². The Morgan fingerprint density at radius 2 is 2.06 bits per heavy atom. The molecule has 0 aliphatic rings. The third-order valence-electron chi connectivity index (χ3n) is 2.44. The van der Waals surface area contributed by atoms with Crippen LogP contribution in [0.3, 0.4) is 0 Å². The van der Waals surface area contributed by atoms with Gasteiger partial charge in [-0.3, -0.25) is 4.79 Å². The van der Waals surface area contributed by atoms with E-state index in [2.05, 4.69) is 5.32 Å². The average molecular weight is 251 g/mol. The lowest BCUT2D eigenvalue weighted by Crippen LogP contribution is -2.26. The maximum atomic E-state index is 11.7. The van der Waals surface area contributed by atoms with Gasteiger partial charge in [-0.15, -0.1) is 0 Å². The zero-order chi connectivity index (χ0) is 13.4. The number of carbonyl (C=O) groups excluding carboxylic acids is 1. The van der Waals surface area contributed by atoms with Crippen LogP contribution < -0.4 is 10.1 Å². The number of amides is 1. The summed E-state index contributed by atoms with van der Waals surface area (Å²) in [5.41, 5.74) is 0.601. The number of aliphatic hydroxyl groups is 1. The van der Waals surface area contributed by atoms with Crippen LogP contribution in [0.5, 0.6) is 5.75 Å². The minimum absolute atomic E-state index is 0.127. The van der Waals surface area contributed by atoms with E-state index in [0.717, 1.165) is 12.2 Å². The quantitative estimate of drug-likeness (QED) is 0.779. The molecule has 18 heavy (non-hydrogen) atoms. The molecular formula is C14H21NO3. The largest absolute Gasteiger partial charge is 0.494 e. The van der Waals surface area contributed by atoms with Crippen molar-refractivity contribution < 1.29 is 14.6 Å². The molecule has 1 aromatic carbocycles. The van der Waals surface area contributed by atoms with E-state index in [1.165, 1.54) is 0 Å². The summed E-state index contributed by atoms with van der Waals surface area (Å²) in [6, 6.07) is 7.06. The average Bonchev–Trinajstić information content (AvgIpc) is 2.36. The lowest BCUT2D eigenvalue weighted by atomic mass is 10.2. The predicted octanol–water partition coefficient (Wildman–Crippen LogP) is 1.98. The third kappa shape index (κ3) is 5.19. The fraction of sp³-hybridized carbons (Fsp3) is 0.500. The Labute approximate surface area is 108 Å². The number of rotatable bonds is 7. The molecule has 2 N–H and O–H groups in total. The van der Waals surface area contributed by atoms with Gasteiger partial charge in [0.2, 0.25) is 0 Å². The second-order valence-corrected chi connectivity index (χ2v) is 4.27. The predicted molar refractivity (Wildman–Crippen MR) is 70.9 cm³/mol. The highest BCUT2D eigenvalue weighted by atomic mass is 16.5. The highest BCUT2D eigenvalue weighted by molar-refractivity contribution is 5.94. The lowest BCUT2D eigenvalue weighted by Gasteiger charge is -2.08. The molecule has 0 fully saturated rings. The molecule has 0 aliphatic carbocycles. The Hall–Kier alpha value is -1.55. The number of benzene rings is 1. The Balaban J connectivity index is 2.43. The molecule has 1 atom stereocenters. The smallest absolute Gasteiger partial charge is 0.251 e. The van der Waals surface area contributed by atoms with E-state index in [1.807, 2.05) is 6.92 Å². The first kappa shape index (κ1) is 14.5. The van der Waals surface area contributed by atoms with E-state index < -0.39 is 6.10 Å². The van der Waals surface area contributed by atoms with E-state index in [4.69, 9.17) is 9.84 Å². The normalized spacial score (nSPS) is 11.9. The van der Waals surface area contributed by atoms with Crippen molar-refractivity contribution in [2.24, 2.45) is 0 Å². The maximum Gasteiger partial charge on any atom is 0.251 e. The summed E-state index contributed by atoms with van der Waals surface area (Å²) < 4.78 is 5.44. The molecule has 4 heteroatoms. The van der Waals surface area contributed by atoms with E-state index >= 15 is 0 Å². The van der Waals surface area contributed by atoms with Crippen LogP contribution in [0.4, 0.5) is 0 Å². The molecule has 0 bridgehead atoms. The first-order chi connectivity index (χ1) is 8.63. The van der Waals surface area contributed by atoms with Gasteiger partial charge in [-0.2, -0.15) is 0 Å². The number of hydrogen-bond donors (Lipinski definition) is 2. The summed E-state index contributed by atoms with van der Waals surface area (Å²) >= 11 is 0. The Morgan fingerprint density at radius 3 is 2.61 bits per heavy atom. The highest BCUT2D eigenvalue weighted by Gasteiger charge is 2.05. The summed E-state index contributed by atoms with van der Waals surface area (Å²) in [5.74, 6) is 0.648. The SMILES string of the molecule is CCCOc1ccc(C(=O)NCCC(C)O)cc1. The molecule has 0 heterocycles. The third-order valence-corrected chi connectivity index (χ3v) is 2.44. The van der Waals surface area contributed by atoms with Crippen molar-refractivity contribution in [2.75, 3.05) is 13.2 Å². The van der Waals surface area contributed by atoms with Crippen molar-refractivity contribution in [3.63, 3.8) is 0 Å². The van der Waals surface area contributed by atoms with Crippen molar-refractivity contribution in [1.29, 1.82) is 0 Å². The van der Waals surface area contributed by atoms with Crippen molar-refractivity contribution in [1.82, 2.24) is 5.32 Å². The number of hydrogen-bond acceptors (Lipinski definition) is 3. The molecule has 1 unspecified atom stereocenters. The summed E-state index contributed by atoms with van der Waals surface area (Å²) in [6.45, 7) is 4.90. The number of ether oxygens (including phenoxy) is 1. The van der Waals surface area contributed by atoms with Crippen LogP contribution in [0.25, 0.3) is 0 Å². The van der Waals surface area contributed by atoms with Gasteiger partial charge >= 0.3 is 0 Å². The maximum absolute atomic E-state index is 11.7. The molecular weight excluding hydrogens is 230 g/mol. The summed E-state index contributed by atoms with van der Waals surface area (Å²) in [6.07, 6.45) is 1.13. The minimum Gasteiger partial charge on any atom is -0.494 e. The molecule has 0 radical (unpaired) electrons. The Kier molecular flexibility index (Phi) is 6.22. The van der Waals surface area contributed by atoms with Gasteiger partial charge in [0.15, 0.2) is 0 Å². The highest BCUT2D eigenvalue weighted by Crippen LogP contribution is 2.12. The van der Waals surface area contributed by atoms with Crippen molar-refractivity contribution in [3.8, 4) is 5.75 Å². The van der Waals surface area contributed by atoms with Crippen LogP contribution in [0.1, 0.15) is 37.0 Å². The molecule has 100 valence electrons. The van der Waals surface area contributed by atoms with E-state index in [9.17, 15) is 4.79 Å². The van der Waals surface area contributed by atoms with Gasteiger partial charge in [0.05, 0.1) is 12.7 Å². The Morgan fingerprint density at radius 1 is 1.39 bits per heavy atom. The number of nitrogens with one attached hydrogen (secondary N) is 1. The first-order valence-corrected chi connectivity index (χ1v) is 6.32. The second-order valence-electron chi connectivity index (χ2n) is 4.27. The number of aliphatic hydroxyl groups excluding tert-OH is 1. The van der Waals surface area contributed by atoms with Crippen LogP contribution in [0.15, 0.2) is 24.3 Å². The van der Waals surface area contributed by atoms with Crippen LogP contribution in [-0.2, 0) is 0 Å². The van der Waals surface area contributed by atoms with Crippen molar-refractivity contribution in [3.05, 3.63) is 29.8 Å². The van der Waals surface area contributed by atoms with E-state index in [0.29, 0.717) is 25.1 Å². The van der Waals surface area contributed by atoms with E-state index in [1.54, 1.807) is 31.2 Å². The van der Waals surface area contributed by atoms with Gasteiger partial charge in [0.1, 0.15) is 5.75 Å². The van der Waals surface area contributed by atoms with Crippen LogP contribution in [0.2, 0.25) is 0 Å². The summed E-state index contributed by atoms with van der Waals surface area (Å²) in [7, 11) is 0. The van der Waals surface area contributed by atoms with Crippen LogP contribution in [-0.4, -0.2) is 30.3 Å². The molecule has 0 spiro atoms. The minimum atomic E-state index is -0.393. The topological polar surface area (TPSA) is 58.6 Å². The van der Waals surface area contributed by atoms with Gasteiger partial charge in [-0.25, -0.2) is 0 Å². The van der Waals surface area contributed by atoms with E-state index in [-0.39, 0.29) is 5.91 Å². The summed E-state index contributed by atoms with van der Waals surface area (Å²) in [4.78, 5) is 11.7. The molecule has 0 saturated heterocycles. The molecule has 0 saturated carbocycles. The molecule has 1 rings (SSSR count). The standard InChI is InChI=1S/C14H21NO3/c1-3-10-18-13-6-4-12(5-7-13)14(17)15-9-8-11(2)16/h4-7,11,16H,3,8-10H2,1-2H3,(H,15,17). The van der Waals surface area contributed by atoms with Crippen molar-refractivity contribution in [2.45, 2.75) is 32.8 Å². The first-order valence-electron chi connectivity index (χ1n) is 6.32. The molecule has 1 amide bonds. The van der Waals surface area contributed by atoms with Crippen LogP contribution >= 0.6 is 0 Å². The fourth-order valence-corrected chi connectivity index (χ4v) is 1.42. The monoisotopic (exact) mass is 251 g/mol. The zero-order valence-electron chi connectivity index (χ0n) is 11.0. The lowest BCUT2D eigenvalue weighted by molar-refractivity contribution is 0.0945. The van der Waals surface area contributed by atoms with Gasteiger partial charge in [0, 0.05) is 12.1 Å². The van der Waals surface area contributed by atoms with Gasteiger partial charge < -0.3 is 15.2 Å². The number of carbonyl (C=O) groups is 1. The molecule has 1 aromatic rings. The van der Waals surface area contributed by atoms with Crippen molar-refractivity contribution >= 4 is 5.91 Å². The van der Waals surface area contributed by atoms with Gasteiger partial charge in [-0.1, -0.05) is 6.92 Å². The molecule has 0 aliphatic heterocycles. The Bertz CT molecular complexity index is 360. The zero-order valence-corrected chi connectivity index (χ0v) is 11.0. The summed E-state index contributed by atoms with van der Waals surface area (Å²) in [5, 5.41) is 11.8. The molecule has 4 nitrogen and oxygen atoms in total. The second kappa shape index (κ2) is 7.71. The van der Waals surface area contributed by atoms with Gasteiger partial charge in [-0.05, 0) is 44.0 Å². The molecule has 0 aromatic heterocycles.